The number of hydrogen-bond acceptors (Lipinski definition) is 6. The van der Waals surface area contributed by atoms with E-state index in [0.29, 0.717) is 6.54 Å². The van der Waals surface area contributed by atoms with Crippen LogP contribution in [0.15, 0.2) is 11.0 Å². The largest absolute Gasteiger partial charge is 0.511 e. The molecule has 1 aliphatic rings. The molecule has 2 heterocycles. The van der Waals surface area contributed by atoms with Crippen molar-refractivity contribution in [2.45, 2.75) is 6.92 Å². The Morgan fingerprint density at radius 1 is 1.48 bits per heavy atom. The van der Waals surface area contributed by atoms with Crippen LogP contribution >= 0.6 is 0 Å². The molecule has 0 bridgehead atoms. The molecule has 0 saturated heterocycles. The maximum absolute atomic E-state index is 14.0. The summed E-state index contributed by atoms with van der Waals surface area (Å²) in [5, 5.41) is 9.82. The van der Waals surface area contributed by atoms with Crippen molar-refractivity contribution < 1.29 is 28.2 Å². The summed E-state index contributed by atoms with van der Waals surface area (Å²) in [4.78, 5) is 23.1. The van der Waals surface area contributed by atoms with E-state index in [1.54, 1.807) is 6.92 Å². The summed E-state index contributed by atoms with van der Waals surface area (Å²) in [6, 6.07) is 0. The van der Waals surface area contributed by atoms with Crippen LogP contribution in [0.3, 0.4) is 0 Å². The van der Waals surface area contributed by atoms with Crippen LogP contribution in [-0.2, 0) is 0 Å². The lowest BCUT2D eigenvalue weighted by molar-refractivity contribution is 0.143. The third-order valence-electron chi connectivity index (χ3n) is 3.49. The molecule has 10 heteroatoms. The monoisotopic (exact) mass is 327 g/mol. The first-order chi connectivity index (χ1) is 10.9. The van der Waals surface area contributed by atoms with E-state index in [1.807, 2.05) is 0 Å². The highest BCUT2D eigenvalue weighted by Gasteiger charge is 2.30. The highest BCUT2D eigenvalue weighted by Crippen LogP contribution is 2.37. The van der Waals surface area contributed by atoms with E-state index < -0.39 is 45.8 Å². The summed E-state index contributed by atoms with van der Waals surface area (Å²) in [5.74, 6) is -3.79. The van der Waals surface area contributed by atoms with E-state index in [9.17, 15) is 18.4 Å². The SMILES string of the molecule is CCN1COc2c(F)c(F)c(N)c3c(=O)c(OC(=O)O)cn1c23. The molecule has 0 saturated carbocycles. The van der Waals surface area contributed by atoms with Crippen molar-refractivity contribution in [2.24, 2.45) is 0 Å². The molecule has 8 nitrogen and oxygen atoms in total. The number of anilines is 1. The predicted molar refractivity (Wildman–Crippen MR) is 75.4 cm³/mol. The van der Waals surface area contributed by atoms with Gasteiger partial charge < -0.3 is 20.3 Å². The molecule has 3 rings (SSSR count). The van der Waals surface area contributed by atoms with Crippen molar-refractivity contribution in [2.75, 3.05) is 24.0 Å². The van der Waals surface area contributed by atoms with Crippen molar-refractivity contribution >= 4 is 22.7 Å². The molecule has 1 aliphatic heterocycles. The Bertz CT molecular complexity index is 896. The fourth-order valence-electron chi connectivity index (χ4n) is 2.45. The lowest BCUT2D eigenvalue weighted by Crippen LogP contribution is -2.42. The van der Waals surface area contributed by atoms with Crippen molar-refractivity contribution in [1.29, 1.82) is 0 Å². The lowest BCUT2D eigenvalue weighted by atomic mass is 10.1. The lowest BCUT2D eigenvalue weighted by Gasteiger charge is -2.33. The zero-order valence-electron chi connectivity index (χ0n) is 11.8. The molecule has 0 fully saturated rings. The maximum Gasteiger partial charge on any atom is 0.511 e. The first kappa shape index (κ1) is 14.9. The van der Waals surface area contributed by atoms with Crippen LogP contribution in [0.1, 0.15) is 6.92 Å². The molecule has 23 heavy (non-hydrogen) atoms. The number of carboxylic acid groups (broad SMARTS) is 1. The van der Waals surface area contributed by atoms with Gasteiger partial charge in [0.25, 0.3) is 0 Å². The maximum atomic E-state index is 14.0. The first-order valence-corrected chi connectivity index (χ1v) is 6.51. The molecule has 1 aromatic carbocycles. The zero-order valence-corrected chi connectivity index (χ0v) is 11.8. The van der Waals surface area contributed by atoms with Crippen LogP contribution < -0.4 is 25.6 Å². The van der Waals surface area contributed by atoms with Crippen LogP contribution in [0, 0.1) is 11.6 Å². The van der Waals surface area contributed by atoms with Gasteiger partial charge in [0, 0.05) is 6.54 Å². The van der Waals surface area contributed by atoms with Gasteiger partial charge in [0.2, 0.25) is 17.0 Å². The number of rotatable bonds is 2. The van der Waals surface area contributed by atoms with E-state index in [-0.39, 0.29) is 12.2 Å². The first-order valence-electron chi connectivity index (χ1n) is 6.51. The van der Waals surface area contributed by atoms with Crippen molar-refractivity contribution in [3.63, 3.8) is 0 Å². The number of nitrogens with zero attached hydrogens (tertiary/aromatic N) is 2. The minimum atomic E-state index is -1.72. The van der Waals surface area contributed by atoms with Gasteiger partial charge in [0.15, 0.2) is 18.3 Å². The van der Waals surface area contributed by atoms with Crippen LogP contribution in [-0.4, -0.2) is 29.2 Å². The second-order valence-corrected chi connectivity index (χ2v) is 4.73. The van der Waals surface area contributed by atoms with Crippen LogP contribution in [0.2, 0.25) is 0 Å². The number of nitrogen functional groups attached to an aromatic ring is 1. The Labute approximate surface area is 127 Å². The Kier molecular flexibility index (Phi) is 3.24. The Morgan fingerprint density at radius 3 is 2.78 bits per heavy atom. The van der Waals surface area contributed by atoms with Gasteiger partial charge in [-0.3, -0.25) is 14.5 Å². The van der Waals surface area contributed by atoms with Crippen LogP contribution in [0.4, 0.5) is 19.3 Å². The Morgan fingerprint density at radius 2 is 2.17 bits per heavy atom. The molecule has 0 aliphatic carbocycles. The number of hydrogen-bond donors (Lipinski definition) is 2. The highest BCUT2D eigenvalue weighted by molar-refractivity contribution is 5.96. The average molecular weight is 327 g/mol. The quantitative estimate of drug-likeness (QED) is 0.631. The summed E-state index contributed by atoms with van der Waals surface area (Å²) in [5.41, 5.74) is 3.72. The van der Waals surface area contributed by atoms with Gasteiger partial charge in [0.05, 0.1) is 17.3 Å². The Hall–Kier alpha value is -3.04. The van der Waals surface area contributed by atoms with Gasteiger partial charge in [-0.25, -0.2) is 9.18 Å². The normalized spacial score (nSPS) is 13.1. The smallest absolute Gasteiger partial charge is 0.466 e. The van der Waals surface area contributed by atoms with Crippen molar-refractivity contribution in [1.82, 2.24) is 4.68 Å². The molecule has 122 valence electrons. The fraction of sp³-hybridized carbons (Fsp3) is 0.231. The Balaban J connectivity index is 2.50. The van der Waals surface area contributed by atoms with E-state index >= 15 is 0 Å². The standard InChI is InChI=1S/C13H11F2N3O5/c1-2-17-4-22-12-8(15)7(14)9(16)6-10(12)18(17)3-5(11(6)19)23-13(20)21/h3H,2,4,16H2,1H3,(H,20,21). The third kappa shape index (κ3) is 2.02. The molecule has 2 aromatic rings. The van der Waals surface area contributed by atoms with Gasteiger partial charge in [-0.15, -0.1) is 0 Å². The second kappa shape index (κ2) is 5.00. The topological polar surface area (TPSA) is 107 Å². The van der Waals surface area contributed by atoms with Crippen LogP contribution in [0.5, 0.6) is 11.5 Å². The minimum absolute atomic E-state index is 0.0859. The molecular formula is C13H11F2N3O5. The molecule has 0 radical (unpaired) electrons. The summed E-state index contributed by atoms with van der Waals surface area (Å²) in [7, 11) is 0. The number of benzene rings is 1. The molecular weight excluding hydrogens is 316 g/mol. The van der Waals surface area contributed by atoms with Gasteiger partial charge in [-0.05, 0) is 6.92 Å². The number of halogens is 2. The molecule has 0 amide bonds. The molecule has 3 N–H and O–H groups in total. The van der Waals surface area contributed by atoms with E-state index in [1.165, 1.54) is 9.69 Å². The van der Waals surface area contributed by atoms with Gasteiger partial charge in [-0.1, -0.05) is 0 Å². The molecule has 0 unspecified atom stereocenters. The third-order valence-corrected chi connectivity index (χ3v) is 3.49. The molecule has 0 atom stereocenters. The van der Waals surface area contributed by atoms with E-state index in [0.717, 1.165) is 6.20 Å². The van der Waals surface area contributed by atoms with Gasteiger partial charge in [-0.2, -0.15) is 4.39 Å². The van der Waals surface area contributed by atoms with Crippen LogP contribution in [0.25, 0.3) is 10.9 Å². The van der Waals surface area contributed by atoms with E-state index in [4.69, 9.17) is 15.6 Å². The highest BCUT2D eigenvalue weighted by atomic mass is 19.2. The predicted octanol–water partition coefficient (Wildman–Crippen LogP) is 1.23. The van der Waals surface area contributed by atoms with Gasteiger partial charge in [0.1, 0.15) is 5.52 Å². The number of pyridine rings is 1. The van der Waals surface area contributed by atoms with Crippen molar-refractivity contribution in [3.05, 3.63) is 28.1 Å². The molecule has 1 aromatic heterocycles. The zero-order chi connectivity index (χ0) is 16.9. The summed E-state index contributed by atoms with van der Waals surface area (Å²) < 4.78 is 38.8. The second-order valence-electron chi connectivity index (χ2n) is 4.73. The fourth-order valence-corrected chi connectivity index (χ4v) is 2.45. The average Bonchev–Trinajstić information content (AvgIpc) is 2.51. The number of aromatic nitrogens is 1. The minimum Gasteiger partial charge on any atom is -0.466 e. The number of carbonyl (C=O) groups is 1. The summed E-state index contributed by atoms with van der Waals surface area (Å²) in [6.45, 7) is 2.00. The molecule has 0 spiro atoms. The number of ether oxygens (including phenoxy) is 2. The van der Waals surface area contributed by atoms with Crippen molar-refractivity contribution in [3.8, 4) is 11.5 Å². The van der Waals surface area contributed by atoms with Gasteiger partial charge >= 0.3 is 6.16 Å². The number of nitrogens with two attached hydrogens (primary N) is 1. The summed E-state index contributed by atoms with van der Waals surface area (Å²) in [6.07, 6.45) is -0.642. The van der Waals surface area contributed by atoms with E-state index in [2.05, 4.69) is 4.74 Å². The summed E-state index contributed by atoms with van der Waals surface area (Å²) >= 11 is 0.